The smallest absolute Gasteiger partial charge is 0.258 e. The van der Waals surface area contributed by atoms with E-state index in [4.69, 9.17) is 4.74 Å². The third kappa shape index (κ3) is 5.95. The van der Waals surface area contributed by atoms with Crippen LogP contribution in [0.15, 0.2) is 54.6 Å². The minimum atomic E-state index is -0.316. The molecule has 0 spiro atoms. The summed E-state index contributed by atoms with van der Waals surface area (Å²) in [6.07, 6.45) is 0. The molecule has 2 aromatic rings. The maximum atomic E-state index is 12.3. The van der Waals surface area contributed by atoms with Crippen molar-refractivity contribution in [2.45, 2.75) is 20.4 Å². The normalized spacial score (nSPS) is 10.2. The predicted molar refractivity (Wildman–Crippen MR) is 97.2 cm³/mol. The molecule has 2 amide bonds. The van der Waals surface area contributed by atoms with Gasteiger partial charge >= 0.3 is 0 Å². The van der Waals surface area contributed by atoms with Gasteiger partial charge in [0.1, 0.15) is 5.75 Å². The van der Waals surface area contributed by atoms with E-state index in [0.29, 0.717) is 18.8 Å². The molecule has 0 atom stereocenters. The highest BCUT2D eigenvalue weighted by Gasteiger charge is 2.14. The number of nitrogens with zero attached hydrogens (tertiary/aromatic N) is 1. The number of amides is 2. The van der Waals surface area contributed by atoms with Gasteiger partial charge in [-0.15, -0.1) is 0 Å². The van der Waals surface area contributed by atoms with E-state index in [1.54, 1.807) is 17.0 Å². The molecule has 0 aromatic heterocycles. The van der Waals surface area contributed by atoms with Crippen molar-refractivity contribution in [2.24, 2.45) is 0 Å². The number of carbonyl (C=O) groups is 2. The van der Waals surface area contributed by atoms with Crippen LogP contribution in [0, 0.1) is 6.92 Å². The highest BCUT2D eigenvalue weighted by atomic mass is 16.5. The van der Waals surface area contributed by atoms with E-state index < -0.39 is 0 Å². The third-order valence-corrected chi connectivity index (χ3v) is 3.91. The second-order valence-corrected chi connectivity index (χ2v) is 5.71. The molecule has 5 nitrogen and oxygen atoms in total. The predicted octanol–water partition coefficient (Wildman–Crippen LogP) is 2.54. The zero-order valence-electron chi connectivity index (χ0n) is 14.7. The molecule has 0 aliphatic heterocycles. The summed E-state index contributed by atoms with van der Waals surface area (Å²) in [6.45, 7) is 4.94. The molecule has 25 heavy (non-hydrogen) atoms. The van der Waals surface area contributed by atoms with Gasteiger partial charge in [-0.25, -0.2) is 0 Å². The molecule has 132 valence electrons. The molecule has 0 unspecified atom stereocenters. The summed E-state index contributed by atoms with van der Waals surface area (Å²) in [7, 11) is 0. The molecule has 2 aromatic carbocycles. The topological polar surface area (TPSA) is 58.6 Å². The average Bonchev–Trinajstić information content (AvgIpc) is 2.64. The number of nitrogens with one attached hydrogen (secondary N) is 1. The first-order valence-electron chi connectivity index (χ1n) is 8.37. The van der Waals surface area contributed by atoms with Crippen LogP contribution in [0.2, 0.25) is 0 Å². The number of hydrogen-bond donors (Lipinski definition) is 1. The highest BCUT2D eigenvalue weighted by molar-refractivity contribution is 5.85. The second-order valence-electron chi connectivity index (χ2n) is 5.71. The van der Waals surface area contributed by atoms with Gasteiger partial charge in [0, 0.05) is 13.1 Å². The molecule has 0 saturated carbocycles. The summed E-state index contributed by atoms with van der Waals surface area (Å²) in [5.74, 6) is 0.196. The lowest BCUT2D eigenvalue weighted by Gasteiger charge is -2.22. The largest absolute Gasteiger partial charge is 0.484 e. The minimum Gasteiger partial charge on any atom is -0.484 e. The zero-order valence-corrected chi connectivity index (χ0v) is 14.7. The Kier molecular flexibility index (Phi) is 7.01. The van der Waals surface area contributed by atoms with Gasteiger partial charge in [-0.3, -0.25) is 9.59 Å². The van der Waals surface area contributed by atoms with Crippen LogP contribution in [0.4, 0.5) is 0 Å². The molecular formula is C20H24N2O3. The van der Waals surface area contributed by atoms with Crippen LogP contribution in [0.3, 0.4) is 0 Å². The molecular weight excluding hydrogens is 316 g/mol. The van der Waals surface area contributed by atoms with Crippen molar-refractivity contribution in [3.63, 3.8) is 0 Å². The van der Waals surface area contributed by atoms with Gasteiger partial charge in [0.15, 0.2) is 6.61 Å². The first-order valence-corrected chi connectivity index (χ1v) is 8.37. The van der Waals surface area contributed by atoms with Gasteiger partial charge in [0.05, 0.1) is 6.54 Å². The van der Waals surface area contributed by atoms with E-state index in [2.05, 4.69) is 5.32 Å². The van der Waals surface area contributed by atoms with Gasteiger partial charge in [0.25, 0.3) is 5.91 Å². The molecule has 0 saturated heterocycles. The Hall–Kier alpha value is -2.82. The van der Waals surface area contributed by atoms with Crippen molar-refractivity contribution < 1.29 is 14.3 Å². The lowest BCUT2D eigenvalue weighted by atomic mass is 10.1. The van der Waals surface area contributed by atoms with Crippen molar-refractivity contribution in [3.05, 3.63) is 65.7 Å². The average molecular weight is 340 g/mol. The Balaban J connectivity index is 1.79. The van der Waals surface area contributed by atoms with Crippen LogP contribution in [0.5, 0.6) is 5.75 Å². The Morgan fingerprint density at radius 2 is 1.72 bits per heavy atom. The van der Waals surface area contributed by atoms with Crippen LogP contribution < -0.4 is 10.1 Å². The fraction of sp³-hybridized carbons (Fsp3) is 0.300. The number of aryl methyl sites for hydroxylation is 1. The van der Waals surface area contributed by atoms with Gasteiger partial charge < -0.3 is 15.0 Å². The quantitative estimate of drug-likeness (QED) is 0.803. The van der Waals surface area contributed by atoms with Crippen LogP contribution in [0.1, 0.15) is 18.1 Å². The van der Waals surface area contributed by atoms with Crippen LogP contribution >= 0.6 is 0 Å². The molecule has 0 heterocycles. The number of rotatable bonds is 8. The number of likely N-dealkylation sites (N-methyl/N-ethyl adjacent to an activating group) is 1. The SMILES string of the molecule is CCN(Cc1ccccc1C)C(=O)CNC(=O)COc1ccccc1. The molecule has 2 rings (SSSR count). The lowest BCUT2D eigenvalue weighted by Crippen LogP contribution is -2.41. The third-order valence-electron chi connectivity index (χ3n) is 3.91. The van der Waals surface area contributed by atoms with Crippen molar-refractivity contribution in [2.75, 3.05) is 19.7 Å². The Labute approximate surface area is 148 Å². The van der Waals surface area contributed by atoms with Crippen molar-refractivity contribution >= 4 is 11.8 Å². The standard InChI is InChI=1S/C20H24N2O3/c1-3-22(14-17-10-8-7-9-16(17)2)20(24)13-21-19(23)15-25-18-11-5-4-6-12-18/h4-12H,3,13-15H2,1-2H3,(H,21,23). The molecule has 5 heteroatoms. The molecule has 0 bridgehead atoms. The Bertz CT molecular complexity index is 701. The summed E-state index contributed by atoms with van der Waals surface area (Å²) in [5, 5.41) is 2.61. The number of hydrogen-bond acceptors (Lipinski definition) is 3. The summed E-state index contributed by atoms with van der Waals surface area (Å²) >= 11 is 0. The monoisotopic (exact) mass is 340 g/mol. The molecule has 1 N–H and O–H groups in total. The van der Waals surface area contributed by atoms with E-state index in [-0.39, 0.29) is 25.0 Å². The number of ether oxygens (including phenoxy) is 1. The summed E-state index contributed by atoms with van der Waals surface area (Å²) < 4.78 is 5.36. The fourth-order valence-corrected chi connectivity index (χ4v) is 2.37. The van der Waals surface area contributed by atoms with Gasteiger partial charge in [-0.2, -0.15) is 0 Å². The number of carbonyl (C=O) groups excluding carboxylic acids is 2. The lowest BCUT2D eigenvalue weighted by molar-refractivity contribution is -0.133. The van der Waals surface area contributed by atoms with Crippen LogP contribution in [-0.4, -0.2) is 36.4 Å². The number of para-hydroxylation sites is 1. The van der Waals surface area contributed by atoms with Crippen molar-refractivity contribution in [1.82, 2.24) is 10.2 Å². The minimum absolute atomic E-state index is 0.0310. The summed E-state index contributed by atoms with van der Waals surface area (Å²) in [6, 6.07) is 17.1. The van der Waals surface area contributed by atoms with Gasteiger partial charge in [-0.1, -0.05) is 42.5 Å². The molecule has 0 radical (unpaired) electrons. The van der Waals surface area contributed by atoms with Gasteiger partial charge in [-0.05, 0) is 37.1 Å². The van der Waals surface area contributed by atoms with E-state index in [9.17, 15) is 9.59 Å². The van der Waals surface area contributed by atoms with Crippen molar-refractivity contribution in [3.8, 4) is 5.75 Å². The van der Waals surface area contributed by atoms with Crippen molar-refractivity contribution in [1.29, 1.82) is 0 Å². The van der Waals surface area contributed by atoms with Crippen LogP contribution in [-0.2, 0) is 16.1 Å². The van der Waals surface area contributed by atoms with Crippen LogP contribution in [0.25, 0.3) is 0 Å². The highest BCUT2D eigenvalue weighted by Crippen LogP contribution is 2.10. The maximum absolute atomic E-state index is 12.3. The number of benzene rings is 2. The molecule has 0 aliphatic rings. The summed E-state index contributed by atoms with van der Waals surface area (Å²) in [4.78, 5) is 25.9. The maximum Gasteiger partial charge on any atom is 0.258 e. The zero-order chi connectivity index (χ0) is 18.1. The second kappa shape index (κ2) is 9.47. The first-order chi connectivity index (χ1) is 12.1. The van der Waals surface area contributed by atoms with Gasteiger partial charge in [0.2, 0.25) is 5.91 Å². The van der Waals surface area contributed by atoms with E-state index in [0.717, 1.165) is 11.1 Å². The van der Waals surface area contributed by atoms with E-state index in [1.165, 1.54) is 0 Å². The first kappa shape index (κ1) is 18.5. The van der Waals surface area contributed by atoms with E-state index >= 15 is 0 Å². The fourth-order valence-electron chi connectivity index (χ4n) is 2.37. The Morgan fingerprint density at radius 3 is 2.40 bits per heavy atom. The molecule has 0 fully saturated rings. The Morgan fingerprint density at radius 1 is 1.04 bits per heavy atom. The van der Waals surface area contributed by atoms with E-state index in [1.807, 2.05) is 56.3 Å². The summed E-state index contributed by atoms with van der Waals surface area (Å²) in [5.41, 5.74) is 2.26. The molecule has 0 aliphatic carbocycles.